The fourth-order valence-corrected chi connectivity index (χ4v) is 7.29. The molecule has 9 aromatic rings. The van der Waals surface area contributed by atoms with Crippen molar-refractivity contribution >= 4 is 22.9 Å². The van der Waals surface area contributed by atoms with E-state index in [1.54, 1.807) is 6.20 Å². The number of benzene rings is 7. The number of hydrogen-bond donors (Lipinski definition) is 0. The van der Waals surface area contributed by atoms with Gasteiger partial charge in [0.05, 0.1) is 0 Å². The van der Waals surface area contributed by atoms with Crippen LogP contribution in [0.25, 0.3) is 90.5 Å². The summed E-state index contributed by atoms with van der Waals surface area (Å²) >= 11 is 0. The summed E-state index contributed by atoms with van der Waals surface area (Å²) in [5, 5.41) is 2.14. The van der Waals surface area contributed by atoms with Crippen molar-refractivity contribution < 1.29 is 4.74 Å². The predicted octanol–water partition coefficient (Wildman–Crippen LogP) is 12.7. The van der Waals surface area contributed by atoms with Crippen molar-refractivity contribution in [3.8, 4) is 79.0 Å². The number of nitrogens with zero attached hydrogens (tertiary/aromatic N) is 4. The number of pyridine rings is 1. The van der Waals surface area contributed by atoms with E-state index in [-0.39, 0.29) is 0 Å². The third kappa shape index (κ3) is 6.14. The Morgan fingerprint density at radius 3 is 1.80 bits per heavy atom. The Hall–Kier alpha value is -7.50. The Morgan fingerprint density at radius 2 is 1.00 bits per heavy atom. The van der Waals surface area contributed by atoms with Gasteiger partial charge < -0.3 is 4.74 Å². The van der Waals surface area contributed by atoms with Gasteiger partial charge in [0.25, 0.3) is 0 Å². The van der Waals surface area contributed by atoms with Crippen molar-refractivity contribution in [2.24, 2.45) is 0 Å². The normalized spacial score (nSPS) is 12.3. The molecule has 0 amide bonds. The molecule has 10 rings (SSSR count). The van der Waals surface area contributed by atoms with Crippen LogP contribution in [0.3, 0.4) is 0 Å². The Labute approximate surface area is 319 Å². The summed E-state index contributed by atoms with van der Waals surface area (Å²) in [7, 11) is 0. The summed E-state index contributed by atoms with van der Waals surface area (Å²) in [5.74, 6) is 3.38. The standard InChI is InChI=1S/C50H32N4O/c1-2-13-37(14-3-1)48-52-49(38-25-20-33(21-26-38)40-15-10-30-51-32-40)54-50(53-48)39-27-24-36-23-22-34-11-4-6-16-41(34)43-18-8-9-19-46(43)55-47-42-17-7-5-12-35(42)28-29-44(47)45(36)31-39/h1-32H/b23-22-. The Morgan fingerprint density at radius 1 is 0.382 bits per heavy atom. The maximum atomic E-state index is 7.07. The predicted molar refractivity (Wildman–Crippen MR) is 223 cm³/mol. The first-order chi connectivity index (χ1) is 27.2. The molecule has 1 aliphatic heterocycles. The van der Waals surface area contributed by atoms with Gasteiger partial charge in [-0.25, -0.2) is 15.0 Å². The van der Waals surface area contributed by atoms with Crippen LogP contribution in [0.4, 0.5) is 0 Å². The minimum absolute atomic E-state index is 0.584. The van der Waals surface area contributed by atoms with Crippen LogP contribution in [0, 0.1) is 0 Å². The van der Waals surface area contributed by atoms with Crippen LogP contribution in [0.1, 0.15) is 11.1 Å². The van der Waals surface area contributed by atoms with Crippen LogP contribution in [0.5, 0.6) is 11.5 Å². The average molecular weight is 705 g/mol. The monoisotopic (exact) mass is 704 g/mol. The lowest BCUT2D eigenvalue weighted by Gasteiger charge is -2.18. The van der Waals surface area contributed by atoms with Crippen LogP contribution in [-0.4, -0.2) is 19.9 Å². The minimum Gasteiger partial charge on any atom is -0.455 e. The maximum absolute atomic E-state index is 7.07. The first-order valence-corrected chi connectivity index (χ1v) is 18.3. The fourth-order valence-electron chi connectivity index (χ4n) is 7.29. The highest BCUT2D eigenvalue weighted by Crippen LogP contribution is 2.45. The van der Waals surface area contributed by atoms with Gasteiger partial charge in [0, 0.05) is 45.6 Å². The number of ether oxygens (including phenoxy) is 1. The van der Waals surface area contributed by atoms with E-state index in [1.165, 1.54) is 0 Å². The van der Waals surface area contributed by atoms with Crippen molar-refractivity contribution in [2.75, 3.05) is 0 Å². The third-order valence-electron chi connectivity index (χ3n) is 10.1. The zero-order valence-corrected chi connectivity index (χ0v) is 29.7. The van der Waals surface area contributed by atoms with E-state index in [4.69, 9.17) is 19.7 Å². The molecule has 0 saturated heterocycles. The van der Waals surface area contributed by atoms with Crippen LogP contribution in [0.15, 0.2) is 182 Å². The summed E-state index contributed by atoms with van der Waals surface area (Å²) in [6, 6.07) is 58.3. The van der Waals surface area contributed by atoms with Crippen molar-refractivity contribution in [1.29, 1.82) is 0 Å². The van der Waals surface area contributed by atoms with Crippen LogP contribution < -0.4 is 4.74 Å². The summed E-state index contributed by atoms with van der Waals surface area (Å²) in [5.41, 5.74) is 11.1. The Balaban J connectivity index is 1.18. The molecule has 0 fully saturated rings. The van der Waals surface area contributed by atoms with Gasteiger partial charge in [-0.1, -0.05) is 158 Å². The highest BCUT2D eigenvalue weighted by atomic mass is 16.5. The zero-order chi connectivity index (χ0) is 36.6. The molecule has 0 N–H and O–H groups in total. The molecule has 2 aromatic heterocycles. The smallest absolute Gasteiger partial charge is 0.164 e. The van der Waals surface area contributed by atoms with Crippen LogP contribution in [-0.2, 0) is 0 Å². The van der Waals surface area contributed by atoms with Crippen molar-refractivity contribution in [3.05, 3.63) is 193 Å². The van der Waals surface area contributed by atoms with Crippen molar-refractivity contribution in [1.82, 2.24) is 19.9 Å². The molecular formula is C50H32N4O. The molecule has 5 nitrogen and oxygen atoms in total. The first-order valence-electron chi connectivity index (χ1n) is 18.3. The quantitative estimate of drug-likeness (QED) is 0.182. The van der Waals surface area contributed by atoms with Gasteiger partial charge in [0.2, 0.25) is 0 Å². The number of rotatable bonds is 4. The lowest BCUT2D eigenvalue weighted by atomic mass is 9.93. The second-order valence-corrected chi connectivity index (χ2v) is 13.5. The van der Waals surface area contributed by atoms with Gasteiger partial charge in [0.15, 0.2) is 17.5 Å². The zero-order valence-electron chi connectivity index (χ0n) is 29.7. The van der Waals surface area contributed by atoms with Crippen molar-refractivity contribution in [3.63, 3.8) is 0 Å². The molecule has 3 heterocycles. The van der Waals surface area contributed by atoms with Gasteiger partial charge in [-0.3, -0.25) is 4.98 Å². The molecule has 0 spiro atoms. The lowest BCUT2D eigenvalue weighted by molar-refractivity contribution is 0.492. The highest BCUT2D eigenvalue weighted by Gasteiger charge is 2.20. The van der Waals surface area contributed by atoms with Gasteiger partial charge in [-0.05, 0) is 63.0 Å². The molecule has 0 saturated carbocycles. The summed E-state index contributed by atoms with van der Waals surface area (Å²) in [6.07, 6.45) is 8.04. The lowest BCUT2D eigenvalue weighted by Crippen LogP contribution is -2.01. The van der Waals surface area contributed by atoms with E-state index in [2.05, 4.69) is 145 Å². The molecule has 7 aromatic carbocycles. The summed E-state index contributed by atoms with van der Waals surface area (Å²) in [4.78, 5) is 19.5. The van der Waals surface area contributed by atoms with E-state index in [0.717, 1.165) is 83.5 Å². The van der Waals surface area contributed by atoms with E-state index >= 15 is 0 Å². The summed E-state index contributed by atoms with van der Waals surface area (Å²) in [6.45, 7) is 0. The molecule has 0 atom stereocenters. The van der Waals surface area contributed by atoms with Gasteiger partial charge in [-0.2, -0.15) is 0 Å². The highest BCUT2D eigenvalue weighted by molar-refractivity contribution is 5.99. The second kappa shape index (κ2) is 13.8. The Bertz CT molecular complexity index is 2890. The number of fused-ring (bicyclic) bond motifs is 8. The topological polar surface area (TPSA) is 60.8 Å². The van der Waals surface area contributed by atoms with Gasteiger partial charge in [-0.15, -0.1) is 0 Å². The van der Waals surface area contributed by atoms with Gasteiger partial charge >= 0.3 is 0 Å². The summed E-state index contributed by atoms with van der Waals surface area (Å²) < 4.78 is 7.07. The van der Waals surface area contributed by atoms with Gasteiger partial charge in [0.1, 0.15) is 11.5 Å². The molecule has 0 bridgehead atoms. The van der Waals surface area contributed by atoms with E-state index < -0.39 is 0 Å². The van der Waals surface area contributed by atoms with Crippen LogP contribution >= 0.6 is 0 Å². The molecular weight excluding hydrogens is 673 g/mol. The average Bonchev–Trinajstić information content (AvgIpc) is 3.28. The third-order valence-corrected chi connectivity index (χ3v) is 10.1. The number of aromatic nitrogens is 4. The van der Waals surface area contributed by atoms with Crippen LogP contribution in [0.2, 0.25) is 0 Å². The number of para-hydroxylation sites is 1. The number of hydrogen-bond acceptors (Lipinski definition) is 5. The van der Waals surface area contributed by atoms with E-state index in [1.807, 2.05) is 48.7 Å². The second-order valence-electron chi connectivity index (χ2n) is 13.5. The molecule has 55 heavy (non-hydrogen) atoms. The van der Waals surface area contributed by atoms with Crippen molar-refractivity contribution in [2.45, 2.75) is 0 Å². The molecule has 5 heteroatoms. The largest absolute Gasteiger partial charge is 0.455 e. The SMILES string of the molecule is C1=C\c2ccc(-c3nc(-c4ccccc4)nc(-c4ccc(-c5cccnc5)cc4)n3)cc2-c2ccc3ccccc3c2Oc2ccccc2-c2ccccc2/1. The fraction of sp³-hybridized carbons (Fsp3) is 0. The molecule has 1 aliphatic rings. The van der Waals surface area contributed by atoms with E-state index in [0.29, 0.717) is 17.5 Å². The molecule has 0 unspecified atom stereocenters. The Kier molecular flexibility index (Phi) is 8.08. The van der Waals surface area contributed by atoms with E-state index in [9.17, 15) is 0 Å². The maximum Gasteiger partial charge on any atom is 0.164 e. The molecule has 0 aliphatic carbocycles. The molecule has 0 radical (unpaired) electrons. The minimum atomic E-state index is 0.584. The first kappa shape index (κ1) is 32.2. The molecule has 258 valence electrons.